The highest BCUT2D eigenvalue weighted by Crippen LogP contribution is 2.34. The number of hydrogen-bond acceptors (Lipinski definition) is 8. The first-order chi connectivity index (χ1) is 18.8. The highest BCUT2D eigenvalue weighted by atomic mass is 16.7. The third-order valence-corrected chi connectivity index (χ3v) is 7.63. The quantitative estimate of drug-likeness (QED) is 0.405. The fourth-order valence-corrected chi connectivity index (χ4v) is 5.51. The minimum atomic E-state index is -0.370. The van der Waals surface area contributed by atoms with E-state index in [4.69, 9.17) is 9.47 Å². The lowest BCUT2D eigenvalue weighted by atomic mass is 10.00. The molecule has 4 heterocycles. The number of benzene rings is 2. The van der Waals surface area contributed by atoms with Crippen LogP contribution in [-0.2, 0) is 18.5 Å². The molecule has 2 aliphatic heterocycles. The van der Waals surface area contributed by atoms with Crippen molar-refractivity contribution in [2.75, 3.05) is 33.0 Å². The lowest BCUT2D eigenvalue weighted by Gasteiger charge is -2.39. The van der Waals surface area contributed by atoms with Crippen molar-refractivity contribution in [2.24, 2.45) is 0 Å². The maximum absolute atomic E-state index is 13.5. The van der Waals surface area contributed by atoms with Gasteiger partial charge in [-0.2, -0.15) is 0 Å². The summed E-state index contributed by atoms with van der Waals surface area (Å²) in [6.45, 7) is 12.7. The summed E-state index contributed by atoms with van der Waals surface area (Å²) in [4.78, 5) is 21.4. The number of hydrogen-bond donors (Lipinski definition) is 1. The first-order valence-electron chi connectivity index (χ1n) is 13.6. The van der Waals surface area contributed by atoms with Crippen LogP contribution in [0.15, 0.2) is 47.3 Å². The molecule has 10 heteroatoms. The van der Waals surface area contributed by atoms with Crippen molar-refractivity contribution < 1.29 is 9.47 Å². The van der Waals surface area contributed by atoms with Gasteiger partial charge in [-0.25, -0.2) is 4.68 Å². The summed E-state index contributed by atoms with van der Waals surface area (Å²) in [5.41, 5.74) is 3.48. The van der Waals surface area contributed by atoms with Crippen LogP contribution in [0.4, 0.5) is 0 Å². The minimum Gasteiger partial charge on any atom is -0.454 e. The molecule has 0 spiro atoms. The van der Waals surface area contributed by atoms with Gasteiger partial charge in [0.2, 0.25) is 6.79 Å². The van der Waals surface area contributed by atoms with Crippen molar-refractivity contribution in [3.63, 3.8) is 0 Å². The van der Waals surface area contributed by atoms with Crippen molar-refractivity contribution in [3.05, 3.63) is 75.3 Å². The van der Waals surface area contributed by atoms with Gasteiger partial charge >= 0.3 is 0 Å². The molecule has 1 saturated heterocycles. The number of H-pyrrole nitrogens is 1. The Kier molecular flexibility index (Phi) is 6.60. The molecule has 0 aliphatic carbocycles. The van der Waals surface area contributed by atoms with E-state index in [9.17, 15) is 4.79 Å². The zero-order valence-corrected chi connectivity index (χ0v) is 23.0. The van der Waals surface area contributed by atoms with Crippen LogP contribution in [0.3, 0.4) is 0 Å². The molecule has 204 valence electrons. The van der Waals surface area contributed by atoms with Crippen LogP contribution in [0.1, 0.15) is 56.3 Å². The number of rotatable bonds is 6. The molecule has 10 nitrogen and oxygen atoms in total. The maximum atomic E-state index is 13.5. The number of aromatic nitrogens is 5. The van der Waals surface area contributed by atoms with Gasteiger partial charge in [0, 0.05) is 43.8 Å². The molecule has 2 aromatic heterocycles. The molecule has 1 fully saturated rings. The normalized spacial score (nSPS) is 17.1. The number of nitrogens with zero attached hydrogens (tertiary/aromatic N) is 6. The number of fused-ring (bicyclic) bond motifs is 2. The number of aryl methyl sites for hydroxylation is 1. The predicted molar refractivity (Wildman–Crippen MR) is 148 cm³/mol. The van der Waals surface area contributed by atoms with Gasteiger partial charge in [0.25, 0.3) is 5.56 Å². The Hall–Kier alpha value is -3.76. The molecule has 2 aliphatic rings. The lowest BCUT2D eigenvalue weighted by molar-refractivity contribution is 0.0975. The smallest absolute Gasteiger partial charge is 0.253 e. The number of tetrazole rings is 1. The molecule has 1 N–H and O–H groups in total. The van der Waals surface area contributed by atoms with Gasteiger partial charge in [0.15, 0.2) is 17.3 Å². The van der Waals surface area contributed by atoms with E-state index in [0.29, 0.717) is 11.4 Å². The fraction of sp³-hybridized carbons (Fsp3) is 0.448. The molecule has 0 amide bonds. The van der Waals surface area contributed by atoms with E-state index in [-0.39, 0.29) is 23.9 Å². The van der Waals surface area contributed by atoms with E-state index >= 15 is 0 Å². The van der Waals surface area contributed by atoms with Crippen molar-refractivity contribution in [3.8, 4) is 11.5 Å². The second-order valence-corrected chi connectivity index (χ2v) is 11.4. The van der Waals surface area contributed by atoms with E-state index in [1.807, 2.05) is 22.9 Å². The van der Waals surface area contributed by atoms with Crippen LogP contribution >= 0.6 is 0 Å². The zero-order chi connectivity index (χ0) is 27.1. The third-order valence-electron chi connectivity index (χ3n) is 7.63. The van der Waals surface area contributed by atoms with Gasteiger partial charge in [0.1, 0.15) is 6.04 Å². The van der Waals surface area contributed by atoms with E-state index in [0.717, 1.165) is 61.5 Å². The summed E-state index contributed by atoms with van der Waals surface area (Å²) < 4.78 is 12.9. The van der Waals surface area contributed by atoms with E-state index in [1.54, 1.807) is 0 Å². The zero-order valence-electron chi connectivity index (χ0n) is 23.0. The predicted octanol–water partition coefficient (Wildman–Crippen LogP) is 3.47. The molecule has 2 aromatic carbocycles. The van der Waals surface area contributed by atoms with Crippen LogP contribution < -0.4 is 15.0 Å². The Morgan fingerprint density at radius 1 is 0.974 bits per heavy atom. The van der Waals surface area contributed by atoms with E-state index in [1.165, 1.54) is 11.1 Å². The maximum Gasteiger partial charge on any atom is 0.253 e. The first-order valence-corrected chi connectivity index (χ1v) is 13.6. The summed E-state index contributed by atoms with van der Waals surface area (Å²) in [7, 11) is 0. The topological polar surface area (TPSA) is 101 Å². The highest BCUT2D eigenvalue weighted by molar-refractivity contribution is 5.80. The Morgan fingerprint density at radius 3 is 2.51 bits per heavy atom. The molecule has 6 rings (SSSR count). The molecule has 39 heavy (non-hydrogen) atoms. The number of nitrogens with one attached hydrogen (secondary N) is 1. The van der Waals surface area contributed by atoms with Crippen LogP contribution in [0.5, 0.6) is 11.5 Å². The first kappa shape index (κ1) is 25.5. The van der Waals surface area contributed by atoms with Crippen molar-refractivity contribution >= 4 is 10.9 Å². The van der Waals surface area contributed by atoms with Crippen molar-refractivity contribution in [2.45, 2.75) is 52.2 Å². The average molecular weight is 530 g/mol. The molecule has 4 aromatic rings. The summed E-state index contributed by atoms with van der Waals surface area (Å²) in [5, 5.41) is 13.9. The van der Waals surface area contributed by atoms with Gasteiger partial charge in [-0.15, -0.1) is 5.10 Å². The number of piperazine rings is 1. The van der Waals surface area contributed by atoms with Gasteiger partial charge in [-0.1, -0.05) is 19.1 Å². The minimum absolute atomic E-state index is 0.108. The largest absolute Gasteiger partial charge is 0.454 e. The van der Waals surface area contributed by atoms with Crippen LogP contribution in [-0.4, -0.2) is 68.0 Å². The van der Waals surface area contributed by atoms with Crippen molar-refractivity contribution in [1.29, 1.82) is 0 Å². The second kappa shape index (κ2) is 10.1. The summed E-state index contributed by atoms with van der Waals surface area (Å²) in [6.07, 6.45) is 0.932. The Bertz CT molecular complexity index is 1550. The van der Waals surface area contributed by atoms with Gasteiger partial charge in [-0.05, 0) is 84.5 Å². The van der Waals surface area contributed by atoms with Crippen LogP contribution in [0.2, 0.25) is 0 Å². The van der Waals surface area contributed by atoms with E-state index < -0.39 is 0 Å². The molecule has 1 unspecified atom stereocenters. The standard InChI is InChI=1S/C29H35N7O3/c1-5-19-6-8-23-21(14-19)16-22(28(37)30-23)26(27-31-32-33-36(27)29(2,3)4)35-12-10-34(11-13-35)17-20-7-9-24-25(15-20)39-18-38-24/h6-9,14-16,26H,5,10-13,17-18H2,1-4H3,(H,30,37). The number of ether oxygens (including phenoxy) is 2. The third kappa shape index (κ3) is 5.02. The lowest BCUT2D eigenvalue weighted by Crippen LogP contribution is -2.49. The van der Waals surface area contributed by atoms with Gasteiger partial charge in [0.05, 0.1) is 5.54 Å². The monoisotopic (exact) mass is 529 g/mol. The summed E-state index contributed by atoms with van der Waals surface area (Å²) in [6, 6.07) is 14.0. The summed E-state index contributed by atoms with van der Waals surface area (Å²) in [5.74, 6) is 2.29. The molecule has 0 radical (unpaired) electrons. The SMILES string of the molecule is CCc1ccc2[nH]c(=O)c(C(c3nnnn3C(C)(C)C)N3CCN(Cc4ccc5c(c4)OCO5)CC3)cc2c1. The van der Waals surface area contributed by atoms with E-state index in [2.05, 4.69) is 82.3 Å². The van der Waals surface area contributed by atoms with Gasteiger partial charge in [-0.3, -0.25) is 14.6 Å². The second-order valence-electron chi connectivity index (χ2n) is 11.4. The Balaban J connectivity index is 1.31. The number of aromatic amines is 1. The highest BCUT2D eigenvalue weighted by Gasteiger charge is 2.35. The Labute approximate surface area is 227 Å². The Morgan fingerprint density at radius 2 is 1.74 bits per heavy atom. The molecule has 1 atom stereocenters. The fourth-order valence-electron chi connectivity index (χ4n) is 5.51. The van der Waals surface area contributed by atoms with Crippen molar-refractivity contribution in [1.82, 2.24) is 35.0 Å². The van der Waals surface area contributed by atoms with Crippen LogP contribution in [0, 0.1) is 0 Å². The molecule has 0 saturated carbocycles. The average Bonchev–Trinajstić information content (AvgIpc) is 3.60. The summed E-state index contributed by atoms with van der Waals surface area (Å²) >= 11 is 0. The molecular weight excluding hydrogens is 494 g/mol. The molecular formula is C29H35N7O3. The number of pyridine rings is 1. The van der Waals surface area contributed by atoms with Crippen LogP contribution in [0.25, 0.3) is 10.9 Å². The molecule has 0 bridgehead atoms. The van der Waals surface area contributed by atoms with Gasteiger partial charge < -0.3 is 14.5 Å².